The molecule has 2 heterocycles. The van der Waals surface area contributed by atoms with Gasteiger partial charge in [0, 0.05) is 0 Å². The highest BCUT2D eigenvalue weighted by Gasteiger charge is 2.68. The Labute approximate surface area is 269 Å². The van der Waals surface area contributed by atoms with Gasteiger partial charge >= 0.3 is 5.97 Å². The Balaban J connectivity index is 1.17. The van der Waals surface area contributed by atoms with E-state index in [0.29, 0.717) is 12.8 Å². The summed E-state index contributed by atoms with van der Waals surface area (Å²) in [4.78, 5) is 13.9. The molecule has 2 bridgehead atoms. The van der Waals surface area contributed by atoms with Crippen molar-refractivity contribution >= 4 is 5.97 Å². The first-order valence-electron chi connectivity index (χ1n) is 16.8. The minimum Gasteiger partial charge on any atom is -0.432 e. The molecule has 2 aliphatic heterocycles. The summed E-state index contributed by atoms with van der Waals surface area (Å²) in [7, 11) is 0. The van der Waals surface area contributed by atoms with E-state index >= 15 is 0 Å². The predicted molar refractivity (Wildman–Crippen MR) is 159 cm³/mol. The number of rotatable bonds is 7. The zero-order valence-electron chi connectivity index (χ0n) is 26.7. The van der Waals surface area contributed by atoms with Gasteiger partial charge in [-0.05, 0) is 86.5 Å². The number of hydrogen-bond donors (Lipinski definition) is 8. The van der Waals surface area contributed by atoms with E-state index in [4.69, 9.17) is 18.9 Å². The number of esters is 1. The number of ether oxygens (including phenoxy) is 4. The normalized spacial score (nSPS) is 53.7. The van der Waals surface area contributed by atoms with Crippen LogP contribution in [-0.4, -0.2) is 133 Å². The highest BCUT2D eigenvalue weighted by molar-refractivity contribution is 5.77. The summed E-state index contributed by atoms with van der Waals surface area (Å²) >= 11 is 0. The minimum absolute atomic E-state index is 0.0156. The van der Waals surface area contributed by atoms with Crippen LogP contribution in [0.4, 0.5) is 0 Å². The van der Waals surface area contributed by atoms with E-state index in [9.17, 15) is 45.6 Å². The van der Waals surface area contributed by atoms with E-state index in [1.165, 1.54) is 0 Å². The van der Waals surface area contributed by atoms with Crippen LogP contribution in [0.2, 0.25) is 0 Å². The minimum atomic E-state index is -1.66. The molecular weight excluding hydrogens is 604 g/mol. The van der Waals surface area contributed by atoms with Gasteiger partial charge in [0.25, 0.3) is 0 Å². The second-order valence-electron chi connectivity index (χ2n) is 15.6. The van der Waals surface area contributed by atoms with Crippen LogP contribution >= 0.6 is 0 Å². The molecule has 13 nitrogen and oxygen atoms in total. The van der Waals surface area contributed by atoms with Gasteiger partial charge in [0.1, 0.15) is 54.9 Å². The number of carbonyl (C=O) groups excluding carboxylic acids is 1. The molecule has 8 N–H and O–H groups in total. The standard InChI is InChI=1S/C33H52O13/c1-16-11-32-9-5-20-30(2,7-4-8-31(20,3)29(42)46-28-27(41)26(40)23(37)18(13-35)45-28)21(32)6-10-33(16,15-32)43-14-19-24(38)25(39)22(36)17(12-34)44-19/h17-28,34-41H,1,4-15H2,2-3H3/t17?,18?,19-,20-,21-,22+,23+,24?,25+,26+,27?,28-,30+,31+,32+,33-/m0/s1. The largest absolute Gasteiger partial charge is 0.432 e. The maximum atomic E-state index is 13.9. The van der Waals surface area contributed by atoms with Crippen molar-refractivity contribution in [2.24, 2.45) is 28.1 Å². The maximum absolute atomic E-state index is 13.9. The Morgan fingerprint density at radius 2 is 1.41 bits per heavy atom. The molecule has 4 unspecified atom stereocenters. The number of aliphatic hydroxyl groups excluding tert-OH is 8. The molecule has 0 aromatic rings. The first-order valence-corrected chi connectivity index (χ1v) is 16.8. The molecule has 4 aliphatic carbocycles. The van der Waals surface area contributed by atoms with Crippen LogP contribution in [-0.2, 0) is 23.7 Å². The van der Waals surface area contributed by atoms with E-state index in [1.54, 1.807) is 0 Å². The number of carbonyl (C=O) groups is 1. The van der Waals surface area contributed by atoms with Gasteiger partial charge in [-0.3, -0.25) is 4.79 Å². The van der Waals surface area contributed by atoms with Gasteiger partial charge in [-0.2, -0.15) is 0 Å². The monoisotopic (exact) mass is 656 g/mol. The first-order chi connectivity index (χ1) is 21.7. The summed E-state index contributed by atoms with van der Waals surface area (Å²) in [6.45, 7) is 7.52. The Hall–Kier alpha value is -1.23. The SMILES string of the molecule is C=C1C[C@@]23CC[C@H]4[C@@](C)(CCC[C@@]4(C)C(=O)O[C@@H]4OC(CO)[C@@H](O)[C@@H](O)C4O)[C@@H]2CC[C@]1(OC[C@@H]1OC(CO)[C@@H](O)[C@@H](O)C1O)C3. The van der Waals surface area contributed by atoms with Crippen molar-refractivity contribution < 1.29 is 64.6 Å². The molecule has 262 valence electrons. The van der Waals surface area contributed by atoms with Gasteiger partial charge in [-0.15, -0.1) is 0 Å². The summed E-state index contributed by atoms with van der Waals surface area (Å²) in [5.41, 5.74) is -0.805. The first kappa shape index (κ1) is 34.6. The molecular formula is C33H52O13. The van der Waals surface area contributed by atoms with Gasteiger partial charge < -0.3 is 59.8 Å². The molecule has 13 heteroatoms. The van der Waals surface area contributed by atoms with Crippen molar-refractivity contribution in [3.05, 3.63) is 12.2 Å². The second kappa shape index (κ2) is 12.3. The zero-order chi connectivity index (χ0) is 33.4. The molecule has 46 heavy (non-hydrogen) atoms. The molecule has 0 aromatic heterocycles. The van der Waals surface area contributed by atoms with E-state index in [-0.39, 0.29) is 29.3 Å². The molecule has 16 atom stereocenters. The van der Waals surface area contributed by atoms with E-state index in [0.717, 1.165) is 50.5 Å². The fourth-order valence-electron chi connectivity index (χ4n) is 10.8. The van der Waals surface area contributed by atoms with Crippen molar-refractivity contribution in [1.29, 1.82) is 0 Å². The molecule has 0 aromatic carbocycles. The summed E-state index contributed by atoms with van der Waals surface area (Å²) in [5.74, 6) is -0.257. The van der Waals surface area contributed by atoms with E-state index in [1.807, 2.05) is 6.92 Å². The number of hydrogen-bond acceptors (Lipinski definition) is 13. The summed E-state index contributed by atoms with van der Waals surface area (Å²) in [6.07, 6.45) is -6.67. The summed E-state index contributed by atoms with van der Waals surface area (Å²) in [5, 5.41) is 81.1. The zero-order valence-corrected chi connectivity index (χ0v) is 26.7. The topological polar surface area (TPSA) is 216 Å². The average molecular weight is 657 g/mol. The Kier molecular flexibility index (Phi) is 9.24. The molecule has 6 rings (SSSR count). The highest BCUT2D eigenvalue weighted by atomic mass is 16.7. The summed E-state index contributed by atoms with van der Waals surface area (Å²) < 4.78 is 23.5. The van der Waals surface area contributed by atoms with Crippen LogP contribution in [0.5, 0.6) is 0 Å². The fourth-order valence-corrected chi connectivity index (χ4v) is 10.8. The van der Waals surface area contributed by atoms with Gasteiger partial charge in [-0.1, -0.05) is 19.9 Å². The molecule has 2 saturated heterocycles. The number of fused-ring (bicyclic) bond motifs is 3. The summed E-state index contributed by atoms with van der Waals surface area (Å²) in [6, 6.07) is 0. The van der Waals surface area contributed by atoms with E-state index < -0.39 is 91.4 Å². The smallest absolute Gasteiger partial charge is 0.314 e. The quantitative estimate of drug-likeness (QED) is 0.126. The van der Waals surface area contributed by atoms with Crippen molar-refractivity contribution in [3.63, 3.8) is 0 Å². The van der Waals surface area contributed by atoms with Crippen molar-refractivity contribution in [2.45, 2.75) is 138 Å². The van der Waals surface area contributed by atoms with Gasteiger partial charge in [-0.25, -0.2) is 0 Å². The Morgan fingerprint density at radius 1 is 0.804 bits per heavy atom. The number of aliphatic hydroxyl groups is 8. The molecule has 1 spiro atoms. The van der Waals surface area contributed by atoms with Crippen molar-refractivity contribution in [1.82, 2.24) is 0 Å². The van der Waals surface area contributed by atoms with Crippen LogP contribution in [0, 0.1) is 28.1 Å². The Bertz CT molecular complexity index is 1160. The van der Waals surface area contributed by atoms with Crippen molar-refractivity contribution in [2.75, 3.05) is 19.8 Å². The van der Waals surface area contributed by atoms with Crippen LogP contribution in [0.25, 0.3) is 0 Å². The maximum Gasteiger partial charge on any atom is 0.314 e. The van der Waals surface area contributed by atoms with Crippen molar-refractivity contribution in [3.8, 4) is 0 Å². The average Bonchev–Trinajstić information content (AvgIpc) is 3.23. The van der Waals surface area contributed by atoms with Crippen LogP contribution in [0.3, 0.4) is 0 Å². The van der Waals surface area contributed by atoms with Crippen LogP contribution < -0.4 is 0 Å². The molecule has 0 amide bonds. The molecule has 4 saturated carbocycles. The van der Waals surface area contributed by atoms with Gasteiger partial charge in [0.15, 0.2) is 0 Å². The highest BCUT2D eigenvalue weighted by Crippen LogP contribution is 2.73. The molecule has 6 aliphatic rings. The molecule has 6 fully saturated rings. The lowest BCUT2D eigenvalue weighted by molar-refractivity contribution is -0.298. The predicted octanol–water partition coefficient (Wildman–Crippen LogP) is -0.720. The molecule has 0 radical (unpaired) electrons. The lowest BCUT2D eigenvalue weighted by Crippen LogP contribution is -2.62. The van der Waals surface area contributed by atoms with Gasteiger partial charge in [0.2, 0.25) is 6.29 Å². The fraction of sp³-hybridized carbons (Fsp3) is 0.909. The Morgan fingerprint density at radius 3 is 2.09 bits per heavy atom. The van der Waals surface area contributed by atoms with Crippen LogP contribution in [0.15, 0.2) is 12.2 Å². The van der Waals surface area contributed by atoms with Gasteiger partial charge in [0.05, 0.1) is 30.8 Å². The third kappa shape index (κ3) is 5.20. The second-order valence-corrected chi connectivity index (χ2v) is 15.6. The van der Waals surface area contributed by atoms with E-state index in [2.05, 4.69) is 13.5 Å². The lowest BCUT2D eigenvalue weighted by atomic mass is 9.41. The third-order valence-electron chi connectivity index (χ3n) is 13.2. The lowest BCUT2D eigenvalue weighted by Gasteiger charge is -2.64. The third-order valence-corrected chi connectivity index (χ3v) is 13.2. The van der Waals surface area contributed by atoms with Crippen LogP contribution in [0.1, 0.15) is 71.6 Å².